The van der Waals surface area contributed by atoms with Gasteiger partial charge in [-0.15, -0.1) is 0 Å². The first-order valence-corrected chi connectivity index (χ1v) is 11.5. The molecule has 6 nitrogen and oxygen atoms in total. The molecular weight excluding hydrogens is 388 g/mol. The van der Waals surface area contributed by atoms with Crippen LogP contribution in [0.2, 0.25) is 0 Å². The van der Waals surface area contributed by atoms with Crippen molar-refractivity contribution < 1.29 is 19.4 Å². The third-order valence-electron chi connectivity index (χ3n) is 6.85. The van der Waals surface area contributed by atoms with E-state index >= 15 is 0 Å². The molecule has 0 aliphatic carbocycles. The highest BCUT2D eigenvalue weighted by Crippen LogP contribution is 2.08. The molecule has 4 rings (SSSR count). The van der Waals surface area contributed by atoms with Crippen LogP contribution in [0.25, 0.3) is 0 Å². The minimum absolute atomic E-state index is 0.0950. The lowest BCUT2D eigenvalue weighted by Crippen LogP contribution is -3.16. The van der Waals surface area contributed by atoms with Gasteiger partial charge in [-0.1, -0.05) is 48.5 Å². The molecule has 164 valence electrons. The number of rotatable bonds is 5. The lowest BCUT2D eigenvalue weighted by atomic mass is 10.1. The lowest BCUT2D eigenvalue weighted by molar-refractivity contribution is -0.933. The molecule has 2 heterocycles. The Morgan fingerprint density at radius 2 is 1.35 bits per heavy atom. The number of benzene rings is 2. The Morgan fingerprint density at radius 1 is 0.806 bits per heavy atom. The minimum Gasteiger partial charge on any atom is -0.327 e. The van der Waals surface area contributed by atoms with Gasteiger partial charge < -0.3 is 19.6 Å². The largest absolute Gasteiger partial charge is 0.327 e. The third kappa shape index (κ3) is 5.32. The van der Waals surface area contributed by atoms with Crippen LogP contribution in [0.15, 0.2) is 60.7 Å². The summed E-state index contributed by atoms with van der Waals surface area (Å²) >= 11 is 0. The summed E-state index contributed by atoms with van der Waals surface area (Å²) in [6, 6.07) is 20.6. The Hall–Kier alpha value is -2.70. The second-order valence-corrected chi connectivity index (χ2v) is 8.76. The average Bonchev–Trinajstić information content (AvgIpc) is 2.85. The zero-order valence-corrected chi connectivity index (χ0v) is 18.4. The molecular formula is C25H34N4O2+2. The summed E-state index contributed by atoms with van der Waals surface area (Å²) in [6.45, 7) is 9.56. The van der Waals surface area contributed by atoms with E-state index in [2.05, 4.69) is 37.3 Å². The molecule has 2 aromatic rings. The van der Waals surface area contributed by atoms with Gasteiger partial charge in [0.15, 0.2) is 6.54 Å². The molecule has 0 saturated carbocycles. The summed E-state index contributed by atoms with van der Waals surface area (Å²) in [5.74, 6) is 0.349. The molecule has 0 bridgehead atoms. The maximum Gasteiger partial charge on any atom is 0.278 e. The first kappa shape index (κ1) is 21.5. The van der Waals surface area contributed by atoms with Crippen LogP contribution in [0, 0.1) is 0 Å². The van der Waals surface area contributed by atoms with Crippen molar-refractivity contribution in [3.8, 4) is 0 Å². The highest BCUT2D eigenvalue weighted by molar-refractivity contribution is 5.94. The predicted molar refractivity (Wildman–Crippen MR) is 120 cm³/mol. The first-order chi connectivity index (χ1) is 15.1. The number of piperazine rings is 2. The van der Waals surface area contributed by atoms with E-state index in [1.165, 1.54) is 10.5 Å². The van der Waals surface area contributed by atoms with Gasteiger partial charge in [0.05, 0.1) is 52.4 Å². The molecule has 2 saturated heterocycles. The molecule has 2 amide bonds. The maximum atomic E-state index is 12.9. The third-order valence-corrected chi connectivity index (χ3v) is 6.85. The van der Waals surface area contributed by atoms with Crippen molar-refractivity contribution in [2.24, 2.45) is 0 Å². The molecule has 0 aromatic heterocycles. The normalized spacial score (nSPS) is 19.3. The van der Waals surface area contributed by atoms with Crippen LogP contribution in [-0.4, -0.2) is 80.5 Å². The fourth-order valence-corrected chi connectivity index (χ4v) is 4.75. The first-order valence-electron chi connectivity index (χ1n) is 11.5. The van der Waals surface area contributed by atoms with E-state index in [4.69, 9.17) is 0 Å². The van der Waals surface area contributed by atoms with E-state index in [0.29, 0.717) is 25.7 Å². The van der Waals surface area contributed by atoms with Crippen LogP contribution in [0.3, 0.4) is 0 Å². The predicted octanol–water partition coefficient (Wildman–Crippen LogP) is -0.484. The van der Waals surface area contributed by atoms with Crippen LogP contribution in [-0.2, 0) is 4.79 Å². The Labute approximate surface area is 185 Å². The van der Waals surface area contributed by atoms with E-state index in [9.17, 15) is 9.59 Å². The van der Waals surface area contributed by atoms with Crippen molar-refractivity contribution >= 4 is 11.8 Å². The number of hydrogen-bond donors (Lipinski definition) is 2. The fourth-order valence-electron chi connectivity index (χ4n) is 4.75. The van der Waals surface area contributed by atoms with Crippen molar-refractivity contribution in [1.29, 1.82) is 0 Å². The summed E-state index contributed by atoms with van der Waals surface area (Å²) in [7, 11) is 0. The van der Waals surface area contributed by atoms with Gasteiger partial charge in [-0.25, -0.2) is 0 Å². The SMILES string of the molecule is C[C@@H](c1ccccc1)[NH+]1CCN(C(=O)C[NH+]2CCN(C(=O)c3ccccc3)CC2)CC1. The van der Waals surface area contributed by atoms with E-state index in [-0.39, 0.29) is 11.8 Å². The van der Waals surface area contributed by atoms with Gasteiger partial charge in [-0.2, -0.15) is 0 Å². The highest BCUT2D eigenvalue weighted by Gasteiger charge is 2.31. The quantitative estimate of drug-likeness (QED) is 0.684. The smallest absolute Gasteiger partial charge is 0.278 e. The van der Waals surface area contributed by atoms with Crippen LogP contribution >= 0.6 is 0 Å². The average molecular weight is 423 g/mol. The Morgan fingerprint density at radius 3 is 1.97 bits per heavy atom. The van der Waals surface area contributed by atoms with Crippen molar-refractivity contribution in [1.82, 2.24) is 9.80 Å². The number of quaternary nitrogens is 2. The van der Waals surface area contributed by atoms with E-state index in [0.717, 1.165) is 44.8 Å². The Kier molecular flexibility index (Phi) is 6.99. The monoisotopic (exact) mass is 422 g/mol. The summed E-state index contributed by atoms with van der Waals surface area (Å²) in [5, 5.41) is 0. The van der Waals surface area contributed by atoms with E-state index in [1.807, 2.05) is 40.1 Å². The van der Waals surface area contributed by atoms with E-state index < -0.39 is 0 Å². The second-order valence-electron chi connectivity index (χ2n) is 8.76. The Bertz CT molecular complexity index is 858. The zero-order chi connectivity index (χ0) is 21.6. The van der Waals surface area contributed by atoms with Gasteiger partial charge in [-0.05, 0) is 19.1 Å². The van der Waals surface area contributed by atoms with Crippen LogP contribution < -0.4 is 9.80 Å². The fraction of sp³-hybridized carbons (Fsp3) is 0.440. The molecule has 2 fully saturated rings. The lowest BCUT2D eigenvalue weighted by Gasteiger charge is -2.37. The van der Waals surface area contributed by atoms with Crippen LogP contribution in [0.5, 0.6) is 0 Å². The number of carbonyl (C=O) groups excluding carboxylic acids is 2. The molecule has 2 aliphatic rings. The summed E-state index contributed by atoms with van der Waals surface area (Å²) < 4.78 is 0. The van der Waals surface area contributed by atoms with Crippen LogP contribution in [0.4, 0.5) is 0 Å². The molecule has 2 aliphatic heterocycles. The minimum atomic E-state index is 0.0950. The van der Waals surface area contributed by atoms with Gasteiger partial charge in [-0.3, -0.25) is 9.59 Å². The standard InChI is InChI=1S/C25H32N4O2/c1-21(22-8-4-2-5-9-22)27-16-18-28(19-17-27)24(30)20-26-12-14-29(15-13-26)25(31)23-10-6-3-7-11-23/h2-11,21H,12-20H2,1H3/p+2/t21-/m0/s1. The van der Waals surface area contributed by atoms with Gasteiger partial charge in [0.2, 0.25) is 0 Å². The molecule has 0 spiro atoms. The van der Waals surface area contributed by atoms with Gasteiger partial charge in [0.1, 0.15) is 6.04 Å². The van der Waals surface area contributed by atoms with Crippen molar-refractivity contribution in [3.05, 3.63) is 71.8 Å². The van der Waals surface area contributed by atoms with Crippen molar-refractivity contribution in [2.45, 2.75) is 13.0 Å². The molecule has 0 unspecified atom stereocenters. The number of hydrogen-bond acceptors (Lipinski definition) is 2. The molecule has 2 N–H and O–H groups in total. The summed E-state index contributed by atoms with van der Waals surface area (Å²) in [4.78, 5) is 32.3. The number of carbonyl (C=O) groups is 2. The molecule has 1 atom stereocenters. The molecule has 6 heteroatoms. The van der Waals surface area contributed by atoms with Crippen LogP contribution in [0.1, 0.15) is 28.9 Å². The highest BCUT2D eigenvalue weighted by atomic mass is 16.2. The number of nitrogens with zero attached hydrogens (tertiary/aromatic N) is 2. The van der Waals surface area contributed by atoms with Crippen molar-refractivity contribution in [2.75, 3.05) is 58.9 Å². The molecule has 2 aromatic carbocycles. The van der Waals surface area contributed by atoms with Crippen molar-refractivity contribution in [3.63, 3.8) is 0 Å². The summed E-state index contributed by atoms with van der Waals surface area (Å²) in [6.07, 6.45) is 0. The van der Waals surface area contributed by atoms with Gasteiger partial charge >= 0.3 is 0 Å². The number of amides is 2. The Balaban J connectivity index is 1.21. The summed E-state index contributed by atoms with van der Waals surface area (Å²) in [5.41, 5.74) is 2.11. The second kappa shape index (κ2) is 10.1. The van der Waals surface area contributed by atoms with Gasteiger partial charge in [0, 0.05) is 11.1 Å². The maximum absolute atomic E-state index is 12.9. The topological polar surface area (TPSA) is 49.5 Å². The van der Waals surface area contributed by atoms with E-state index in [1.54, 1.807) is 4.90 Å². The van der Waals surface area contributed by atoms with Gasteiger partial charge in [0.25, 0.3) is 11.8 Å². The zero-order valence-electron chi connectivity index (χ0n) is 18.4. The molecule has 0 radical (unpaired) electrons. The number of nitrogens with one attached hydrogen (secondary N) is 2. The molecule has 31 heavy (non-hydrogen) atoms.